The molecule has 0 fully saturated rings. The standard InChI is InChI=1S/C12H15FN2O/c1-12(2,7-16-14)8-6-15-10-5-3-4-9(13)11(8)10/h3-6,15H,7,14H2,1-2H3. The smallest absolute Gasteiger partial charge is 0.132 e. The second-order valence-corrected chi connectivity index (χ2v) is 4.56. The van der Waals surface area contributed by atoms with E-state index in [9.17, 15) is 4.39 Å². The first kappa shape index (κ1) is 11.1. The lowest BCUT2D eigenvalue weighted by Gasteiger charge is -2.22. The van der Waals surface area contributed by atoms with Gasteiger partial charge < -0.3 is 9.82 Å². The molecule has 3 nitrogen and oxygen atoms in total. The Hall–Kier alpha value is -1.39. The molecule has 0 aliphatic carbocycles. The van der Waals surface area contributed by atoms with Crippen molar-refractivity contribution in [2.75, 3.05) is 6.61 Å². The first-order chi connectivity index (χ1) is 7.56. The zero-order valence-electron chi connectivity index (χ0n) is 9.38. The molecule has 1 aromatic carbocycles. The zero-order chi connectivity index (χ0) is 11.8. The van der Waals surface area contributed by atoms with Crippen LogP contribution in [-0.4, -0.2) is 11.6 Å². The second-order valence-electron chi connectivity index (χ2n) is 4.56. The van der Waals surface area contributed by atoms with E-state index >= 15 is 0 Å². The number of hydrogen-bond donors (Lipinski definition) is 2. The maximum Gasteiger partial charge on any atom is 0.132 e. The van der Waals surface area contributed by atoms with Crippen molar-refractivity contribution in [3.63, 3.8) is 0 Å². The Labute approximate surface area is 93.4 Å². The normalized spacial score (nSPS) is 12.2. The molecular formula is C12H15FN2O. The molecule has 0 saturated heterocycles. The van der Waals surface area contributed by atoms with Crippen LogP contribution < -0.4 is 5.90 Å². The van der Waals surface area contributed by atoms with Gasteiger partial charge in [0, 0.05) is 22.5 Å². The predicted octanol–water partition coefficient (Wildman–Crippen LogP) is 2.47. The van der Waals surface area contributed by atoms with Gasteiger partial charge in [-0.05, 0) is 17.7 Å². The van der Waals surface area contributed by atoms with Gasteiger partial charge in [-0.1, -0.05) is 19.9 Å². The number of aromatic amines is 1. The lowest BCUT2D eigenvalue weighted by atomic mass is 9.85. The van der Waals surface area contributed by atoms with Crippen LogP contribution in [0, 0.1) is 5.82 Å². The van der Waals surface area contributed by atoms with Crippen molar-refractivity contribution in [1.29, 1.82) is 0 Å². The molecule has 2 rings (SSSR count). The first-order valence-electron chi connectivity index (χ1n) is 5.14. The van der Waals surface area contributed by atoms with Gasteiger partial charge in [-0.3, -0.25) is 0 Å². The summed E-state index contributed by atoms with van der Waals surface area (Å²) in [6.07, 6.45) is 1.81. The van der Waals surface area contributed by atoms with Crippen molar-refractivity contribution in [2.24, 2.45) is 5.90 Å². The van der Waals surface area contributed by atoms with E-state index in [0.717, 1.165) is 11.1 Å². The SMILES string of the molecule is CC(C)(CON)c1c[nH]c2cccc(F)c12. The minimum Gasteiger partial charge on any atom is -0.361 e. The molecule has 3 N–H and O–H groups in total. The van der Waals surface area contributed by atoms with Gasteiger partial charge in [0.15, 0.2) is 0 Å². The first-order valence-corrected chi connectivity index (χ1v) is 5.14. The molecule has 0 amide bonds. The molecule has 0 bridgehead atoms. The van der Waals surface area contributed by atoms with Gasteiger partial charge in [0.2, 0.25) is 0 Å². The zero-order valence-corrected chi connectivity index (χ0v) is 9.38. The fraction of sp³-hybridized carbons (Fsp3) is 0.333. The van der Waals surface area contributed by atoms with Crippen LogP contribution in [0.4, 0.5) is 4.39 Å². The number of benzene rings is 1. The summed E-state index contributed by atoms with van der Waals surface area (Å²) in [6, 6.07) is 4.99. The van der Waals surface area contributed by atoms with E-state index in [4.69, 9.17) is 5.90 Å². The van der Waals surface area contributed by atoms with E-state index in [1.807, 2.05) is 26.1 Å². The Morgan fingerprint density at radius 1 is 1.44 bits per heavy atom. The lowest BCUT2D eigenvalue weighted by molar-refractivity contribution is 0.0969. The largest absolute Gasteiger partial charge is 0.361 e. The van der Waals surface area contributed by atoms with Crippen LogP contribution in [0.15, 0.2) is 24.4 Å². The Morgan fingerprint density at radius 3 is 2.88 bits per heavy atom. The van der Waals surface area contributed by atoms with Crippen LogP contribution in [0.25, 0.3) is 10.9 Å². The number of fused-ring (bicyclic) bond motifs is 1. The third kappa shape index (κ3) is 1.70. The summed E-state index contributed by atoms with van der Waals surface area (Å²) in [5.74, 6) is 4.88. The van der Waals surface area contributed by atoms with Crippen molar-refractivity contribution in [3.8, 4) is 0 Å². The van der Waals surface area contributed by atoms with Crippen LogP contribution in [0.5, 0.6) is 0 Å². The molecule has 0 saturated carbocycles. The molecule has 16 heavy (non-hydrogen) atoms. The highest BCUT2D eigenvalue weighted by Crippen LogP contribution is 2.31. The van der Waals surface area contributed by atoms with Crippen LogP contribution in [0.3, 0.4) is 0 Å². The Morgan fingerprint density at radius 2 is 2.19 bits per heavy atom. The average molecular weight is 222 g/mol. The van der Waals surface area contributed by atoms with Crippen molar-refractivity contribution >= 4 is 10.9 Å². The molecule has 0 atom stereocenters. The summed E-state index contributed by atoms with van der Waals surface area (Å²) >= 11 is 0. The molecule has 2 aromatic rings. The number of nitrogens with one attached hydrogen (secondary N) is 1. The summed E-state index contributed by atoms with van der Waals surface area (Å²) < 4.78 is 13.8. The highest BCUT2D eigenvalue weighted by Gasteiger charge is 2.25. The van der Waals surface area contributed by atoms with Gasteiger partial charge in [-0.2, -0.15) is 0 Å². The van der Waals surface area contributed by atoms with Crippen LogP contribution in [-0.2, 0) is 10.3 Å². The van der Waals surface area contributed by atoms with Crippen LogP contribution in [0.2, 0.25) is 0 Å². The number of rotatable bonds is 3. The Kier molecular flexibility index (Phi) is 2.69. The fourth-order valence-electron chi connectivity index (χ4n) is 1.96. The predicted molar refractivity (Wildman–Crippen MR) is 61.4 cm³/mol. The summed E-state index contributed by atoms with van der Waals surface area (Å²) in [7, 11) is 0. The van der Waals surface area contributed by atoms with Crippen LogP contribution >= 0.6 is 0 Å². The number of aromatic nitrogens is 1. The number of nitrogens with two attached hydrogens (primary N) is 1. The highest BCUT2D eigenvalue weighted by molar-refractivity contribution is 5.84. The van der Waals surface area contributed by atoms with E-state index in [2.05, 4.69) is 9.82 Å². The van der Waals surface area contributed by atoms with E-state index < -0.39 is 0 Å². The van der Waals surface area contributed by atoms with Crippen LogP contribution in [0.1, 0.15) is 19.4 Å². The number of halogens is 1. The number of hydrogen-bond acceptors (Lipinski definition) is 2. The van der Waals surface area contributed by atoms with Gasteiger partial charge in [0.25, 0.3) is 0 Å². The van der Waals surface area contributed by atoms with Gasteiger partial charge in [0.05, 0.1) is 6.61 Å². The molecule has 1 aromatic heterocycles. The average Bonchev–Trinajstić information content (AvgIpc) is 2.63. The van der Waals surface area contributed by atoms with Gasteiger partial charge in [-0.25, -0.2) is 10.3 Å². The highest BCUT2D eigenvalue weighted by atomic mass is 19.1. The molecule has 0 unspecified atom stereocenters. The van der Waals surface area contributed by atoms with E-state index in [1.165, 1.54) is 6.07 Å². The summed E-state index contributed by atoms with van der Waals surface area (Å²) in [5.41, 5.74) is 1.35. The second kappa shape index (κ2) is 3.88. The maximum atomic E-state index is 13.8. The van der Waals surface area contributed by atoms with Crippen molar-refractivity contribution in [1.82, 2.24) is 4.98 Å². The van der Waals surface area contributed by atoms with Crippen molar-refractivity contribution < 1.29 is 9.23 Å². The quantitative estimate of drug-likeness (QED) is 0.784. The minimum atomic E-state index is -0.324. The topological polar surface area (TPSA) is 51.0 Å². The van der Waals surface area contributed by atoms with Gasteiger partial charge in [0.1, 0.15) is 5.82 Å². The van der Waals surface area contributed by atoms with Gasteiger partial charge >= 0.3 is 0 Å². The monoisotopic (exact) mass is 222 g/mol. The molecule has 86 valence electrons. The minimum absolute atomic E-state index is 0.223. The molecule has 4 heteroatoms. The van der Waals surface area contributed by atoms with Crippen molar-refractivity contribution in [3.05, 3.63) is 35.8 Å². The third-order valence-corrected chi connectivity index (χ3v) is 2.83. The summed E-state index contributed by atoms with van der Waals surface area (Å²) in [5, 5.41) is 0.615. The molecule has 0 aliphatic rings. The molecule has 0 radical (unpaired) electrons. The van der Waals surface area contributed by atoms with E-state index in [-0.39, 0.29) is 11.2 Å². The Bertz CT molecular complexity index is 505. The lowest BCUT2D eigenvalue weighted by Crippen LogP contribution is -2.26. The van der Waals surface area contributed by atoms with Gasteiger partial charge in [-0.15, -0.1) is 0 Å². The molecule has 1 heterocycles. The van der Waals surface area contributed by atoms with E-state index in [0.29, 0.717) is 12.0 Å². The fourth-order valence-corrected chi connectivity index (χ4v) is 1.96. The molecule has 0 aliphatic heterocycles. The summed E-state index contributed by atoms with van der Waals surface area (Å²) in [6.45, 7) is 4.28. The van der Waals surface area contributed by atoms with Crippen molar-refractivity contribution in [2.45, 2.75) is 19.3 Å². The Balaban J connectivity index is 2.61. The maximum absolute atomic E-state index is 13.8. The number of H-pyrrole nitrogens is 1. The van der Waals surface area contributed by atoms with E-state index in [1.54, 1.807) is 6.07 Å². The molecular weight excluding hydrogens is 207 g/mol. The summed E-state index contributed by atoms with van der Waals surface area (Å²) in [4.78, 5) is 7.74. The third-order valence-electron chi connectivity index (χ3n) is 2.83. The molecule has 0 spiro atoms.